The van der Waals surface area contributed by atoms with E-state index in [4.69, 9.17) is 4.74 Å². The van der Waals surface area contributed by atoms with Crippen LogP contribution in [0.1, 0.15) is 0 Å². The average molecular weight is 244 g/mol. The van der Waals surface area contributed by atoms with Crippen molar-refractivity contribution in [2.45, 2.75) is 0 Å². The van der Waals surface area contributed by atoms with Gasteiger partial charge >= 0.3 is 0 Å². The molecule has 1 fully saturated rings. The first kappa shape index (κ1) is 11.3. The van der Waals surface area contributed by atoms with Crippen molar-refractivity contribution < 1.29 is 4.74 Å². The first-order valence-electron chi connectivity index (χ1n) is 6.19. The van der Waals surface area contributed by atoms with Gasteiger partial charge in [-0.15, -0.1) is 0 Å². The Morgan fingerprint density at radius 2 is 1.89 bits per heavy atom. The number of rotatable bonds is 1. The Morgan fingerprint density at radius 1 is 1.17 bits per heavy atom. The number of pyridine rings is 1. The van der Waals surface area contributed by atoms with Crippen molar-refractivity contribution in [3.63, 3.8) is 0 Å². The van der Waals surface area contributed by atoms with Crippen molar-refractivity contribution in [1.82, 2.24) is 4.57 Å². The number of ether oxygens (including phenoxy) is 1. The molecule has 2 aromatic rings. The van der Waals surface area contributed by atoms with Crippen LogP contribution in [0.25, 0.3) is 10.8 Å². The van der Waals surface area contributed by atoms with Gasteiger partial charge in [0.05, 0.1) is 13.2 Å². The number of aromatic nitrogens is 1. The van der Waals surface area contributed by atoms with E-state index in [0.29, 0.717) is 0 Å². The van der Waals surface area contributed by atoms with Crippen LogP contribution in [-0.4, -0.2) is 30.9 Å². The van der Waals surface area contributed by atoms with Gasteiger partial charge in [0.1, 0.15) is 5.82 Å². The van der Waals surface area contributed by atoms with Gasteiger partial charge in [-0.05, 0) is 17.5 Å². The molecule has 0 unspecified atom stereocenters. The fourth-order valence-electron chi connectivity index (χ4n) is 2.43. The van der Waals surface area contributed by atoms with E-state index in [1.807, 2.05) is 31.3 Å². The third-order valence-corrected chi connectivity index (χ3v) is 3.46. The standard InChI is InChI=1S/C14H16N2O2/c1-15-13(16-6-8-18-9-7-16)10-11-4-2-3-5-12(11)14(15)17/h2-5,10H,6-9H2,1H3. The summed E-state index contributed by atoms with van der Waals surface area (Å²) in [7, 11) is 1.83. The summed E-state index contributed by atoms with van der Waals surface area (Å²) in [6.07, 6.45) is 0. The Bertz CT molecular complexity index is 627. The van der Waals surface area contributed by atoms with Crippen LogP contribution in [0.5, 0.6) is 0 Å². The molecule has 1 saturated heterocycles. The van der Waals surface area contributed by atoms with Gasteiger partial charge in [0, 0.05) is 25.5 Å². The molecule has 1 aromatic carbocycles. The molecule has 0 N–H and O–H groups in total. The fraction of sp³-hybridized carbons (Fsp3) is 0.357. The quantitative estimate of drug-likeness (QED) is 0.760. The zero-order valence-electron chi connectivity index (χ0n) is 10.4. The molecule has 0 saturated carbocycles. The molecule has 18 heavy (non-hydrogen) atoms. The number of hydrogen-bond donors (Lipinski definition) is 0. The monoisotopic (exact) mass is 244 g/mol. The van der Waals surface area contributed by atoms with E-state index in [0.717, 1.165) is 42.9 Å². The molecule has 0 atom stereocenters. The second-order valence-corrected chi connectivity index (χ2v) is 4.55. The minimum Gasteiger partial charge on any atom is -0.378 e. The van der Waals surface area contributed by atoms with Gasteiger partial charge in [-0.1, -0.05) is 18.2 Å². The van der Waals surface area contributed by atoms with E-state index >= 15 is 0 Å². The molecule has 4 heteroatoms. The van der Waals surface area contributed by atoms with Gasteiger partial charge in [-0.25, -0.2) is 0 Å². The second-order valence-electron chi connectivity index (χ2n) is 4.55. The Kier molecular flexibility index (Phi) is 2.80. The molecular weight excluding hydrogens is 228 g/mol. The summed E-state index contributed by atoms with van der Waals surface area (Å²) in [6, 6.07) is 9.81. The van der Waals surface area contributed by atoms with Crippen LogP contribution in [0.3, 0.4) is 0 Å². The first-order chi connectivity index (χ1) is 8.77. The summed E-state index contributed by atoms with van der Waals surface area (Å²) in [5.41, 5.74) is 0.0644. The number of nitrogens with zero attached hydrogens (tertiary/aromatic N) is 2. The Morgan fingerprint density at radius 3 is 2.67 bits per heavy atom. The molecule has 94 valence electrons. The van der Waals surface area contributed by atoms with E-state index in [-0.39, 0.29) is 5.56 Å². The minimum atomic E-state index is 0.0644. The van der Waals surface area contributed by atoms with Gasteiger partial charge in [0.2, 0.25) is 0 Å². The minimum absolute atomic E-state index is 0.0644. The van der Waals surface area contributed by atoms with Gasteiger partial charge < -0.3 is 9.64 Å². The highest BCUT2D eigenvalue weighted by atomic mass is 16.5. The van der Waals surface area contributed by atoms with Gasteiger partial charge in [-0.2, -0.15) is 0 Å². The maximum atomic E-state index is 12.3. The number of benzene rings is 1. The number of fused-ring (bicyclic) bond motifs is 1. The predicted octanol–water partition coefficient (Wildman–Crippen LogP) is 1.38. The molecule has 0 spiro atoms. The largest absolute Gasteiger partial charge is 0.378 e. The highest BCUT2D eigenvalue weighted by molar-refractivity contribution is 5.84. The van der Waals surface area contributed by atoms with Crippen LogP contribution in [0, 0.1) is 0 Å². The number of morpholine rings is 1. The smallest absolute Gasteiger partial charge is 0.259 e. The van der Waals surface area contributed by atoms with Crippen LogP contribution in [0.15, 0.2) is 35.1 Å². The van der Waals surface area contributed by atoms with E-state index < -0.39 is 0 Å². The molecule has 1 aliphatic rings. The topological polar surface area (TPSA) is 34.5 Å². The Balaban J connectivity index is 2.17. The van der Waals surface area contributed by atoms with Crippen LogP contribution in [-0.2, 0) is 11.8 Å². The van der Waals surface area contributed by atoms with Crippen molar-refractivity contribution in [2.75, 3.05) is 31.2 Å². The van der Waals surface area contributed by atoms with Crippen molar-refractivity contribution in [3.05, 3.63) is 40.7 Å². The predicted molar refractivity (Wildman–Crippen MR) is 72.2 cm³/mol. The van der Waals surface area contributed by atoms with Crippen LogP contribution in [0.4, 0.5) is 5.82 Å². The second kappa shape index (κ2) is 4.46. The number of hydrogen-bond acceptors (Lipinski definition) is 3. The molecule has 1 aromatic heterocycles. The number of anilines is 1. The summed E-state index contributed by atoms with van der Waals surface area (Å²) in [5, 5.41) is 1.78. The maximum absolute atomic E-state index is 12.3. The molecule has 1 aliphatic heterocycles. The Labute approximate surface area is 105 Å². The van der Waals surface area contributed by atoms with Crippen LogP contribution < -0.4 is 10.5 Å². The van der Waals surface area contributed by atoms with E-state index in [1.165, 1.54) is 0 Å². The lowest BCUT2D eigenvalue weighted by atomic mass is 10.1. The lowest BCUT2D eigenvalue weighted by molar-refractivity contribution is 0.122. The summed E-state index contributed by atoms with van der Waals surface area (Å²) in [6.45, 7) is 3.12. The van der Waals surface area contributed by atoms with Gasteiger partial charge in [-0.3, -0.25) is 9.36 Å². The highest BCUT2D eigenvalue weighted by Gasteiger charge is 2.15. The summed E-state index contributed by atoms with van der Waals surface area (Å²) in [4.78, 5) is 14.5. The molecule has 3 rings (SSSR count). The first-order valence-corrected chi connectivity index (χ1v) is 6.19. The molecule has 4 nitrogen and oxygen atoms in total. The normalized spacial score (nSPS) is 16.2. The van der Waals surface area contributed by atoms with Crippen molar-refractivity contribution >= 4 is 16.6 Å². The summed E-state index contributed by atoms with van der Waals surface area (Å²) in [5.74, 6) is 0.974. The third-order valence-electron chi connectivity index (χ3n) is 3.46. The van der Waals surface area contributed by atoms with Crippen LogP contribution >= 0.6 is 0 Å². The van der Waals surface area contributed by atoms with Gasteiger partial charge in [0.15, 0.2) is 0 Å². The molecule has 0 amide bonds. The zero-order valence-corrected chi connectivity index (χ0v) is 10.4. The summed E-state index contributed by atoms with van der Waals surface area (Å²) >= 11 is 0. The fourth-order valence-corrected chi connectivity index (χ4v) is 2.43. The SMILES string of the molecule is Cn1c(N2CCOCC2)cc2ccccc2c1=O. The third kappa shape index (κ3) is 1.78. The lowest BCUT2D eigenvalue weighted by Gasteiger charge is -2.30. The van der Waals surface area contributed by atoms with E-state index in [9.17, 15) is 4.79 Å². The highest BCUT2D eigenvalue weighted by Crippen LogP contribution is 2.19. The van der Waals surface area contributed by atoms with Crippen molar-refractivity contribution in [1.29, 1.82) is 0 Å². The maximum Gasteiger partial charge on any atom is 0.259 e. The van der Waals surface area contributed by atoms with Crippen LogP contribution in [0.2, 0.25) is 0 Å². The molecule has 2 heterocycles. The Hall–Kier alpha value is -1.81. The average Bonchev–Trinajstić information content (AvgIpc) is 2.44. The van der Waals surface area contributed by atoms with Crippen molar-refractivity contribution in [2.24, 2.45) is 7.05 Å². The lowest BCUT2D eigenvalue weighted by Crippen LogP contribution is -2.39. The molecule has 0 aliphatic carbocycles. The summed E-state index contributed by atoms with van der Waals surface area (Å²) < 4.78 is 7.08. The molecular formula is C14H16N2O2. The van der Waals surface area contributed by atoms with E-state index in [2.05, 4.69) is 11.0 Å². The van der Waals surface area contributed by atoms with Crippen molar-refractivity contribution in [3.8, 4) is 0 Å². The van der Waals surface area contributed by atoms with Gasteiger partial charge in [0.25, 0.3) is 5.56 Å². The molecule has 0 radical (unpaired) electrons. The molecule has 0 bridgehead atoms. The van der Waals surface area contributed by atoms with E-state index in [1.54, 1.807) is 4.57 Å². The zero-order chi connectivity index (χ0) is 12.5.